The predicted molar refractivity (Wildman–Crippen MR) is 93.9 cm³/mol. The Morgan fingerprint density at radius 1 is 1.26 bits per heavy atom. The minimum Gasteiger partial charge on any atom is -0.486 e. The molecule has 1 aromatic heterocycles. The molecular weight excluding hydrogens is 310 g/mol. The number of hydrogen-bond donors (Lipinski definition) is 0. The van der Waals surface area contributed by atoms with E-state index >= 15 is 0 Å². The number of thiocarbonyl (C=S) groups is 1. The molecule has 1 aromatic carbocycles. The lowest BCUT2D eigenvalue weighted by Crippen LogP contribution is -2.32. The first-order valence-corrected chi connectivity index (χ1v) is 7.65. The molecule has 3 rings (SSSR count). The van der Waals surface area contributed by atoms with Crippen LogP contribution in [0.1, 0.15) is 25.0 Å². The zero-order valence-corrected chi connectivity index (χ0v) is 14.0. The van der Waals surface area contributed by atoms with Crippen LogP contribution in [0.25, 0.3) is 5.70 Å². The third kappa shape index (κ3) is 2.92. The summed E-state index contributed by atoms with van der Waals surface area (Å²) in [6.07, 6.45) is 3.69. The lowest BCUT2D eigenvalue weighted by atomic mass is 9.97. The average Bonchev–Trinajstić information content (AvgIpc) is 2.52. The van der Waals surface area contributed by atoms with Crippen LogP contribution in [-0.4, -0.2) is 22.3 Å². The van der Waals surface area contributed by atoms with E-state index in [1.807, 2.05) is 44.2 Å². The van der Waals surface area contributed by atoms with E-state index in [1.165, 1.54) is 6.07 Å². The molecule has 5 heteroatoms. The summed E-state index contributed by atoms with van der Waals surface area (Å²) in [5.74, 6) is 0.714. The third-order valence-electron chi connectivity index (χ3n) is 3.62. The van der Waals surface area contributed by atoms with E-state index in [1.54, 1.807) is 23.9 Å². The van der Waals surface area contributed by atoms with Gasteiger partial charge in [0, 0.05) is 23.4 Å². The van der Waals surface area contributed by atoms with Gasteiger partial charge in [-0.05, 0) is 56.4 Å². The van der Waals surface area contributed by atoms with Crippen LogP contribution in [0.4, 0.5) is 0 Å². The highest BCUT2D eigenvalue weighted by Crippen LogP contribution is 2.37. The first-order chi connectivity index (χ1) is 10.9. The smallest absolute Gasteiger partial charge is 0.255 e. The van der Waals surface area contributed by atoms with Gasteiger partial charge in [-0.1, -0.05) is 6.07 Å². The molecule has 4 nitrogen and oxygen atoms in total. The van der Waals surface area contributed by atoms with Crippen molar-refractivity contribution in [2.75, 3.05) is 7.11 Å². The summed E-state index contributed by atoms with van der Waals surface area (Å²) in [4.78, 5) is 12.2. The van der Waals surface area contributed by atoms with Crippen LogP contribution < -0.4 is 10.3 Å². The fraction of sp³-hybridized carbons (Fsp3) is 0.222. The normalized spacial score (nSPS) is 15.2. The lowest BCUT2D eigenvalue weighted by molar-refractivity contribution is 0.157. The topological polar surface area (TPSA) is 40.5 Å². The maximum atomic E-state index is 12.2. The standard InChI is InChI=1S/C18H17NO3S/c1-18(2)11-14(19-9-5-4-6-16(19)20)13-10-12(17(23)21-3)7-8-15(13)22-18/h4-11H,1-3H3. The number of hydrogen-bond acceptors (Lipinski definition) is 4. The van der Waals surface area contributed by atoms with E-state index in [9.17, 15) is 4.79 Å². The lowest BCUT2D eigenvalue weighted by Gasteiger charge is -2.31. The van der Waals surface area contributed by atoms with E-state index in [0.717, 1.165) is 16.8 Å². The molecule has 0 amide bonds. The van der Waals surface area contributed by atoms with E-state index in [2.05, 4.69) is 0 Å². The second kappa shape index (κ2) is 5.66. The number of methoxy groups -OCH3 is 1. The molecule has 0 N–H and O–H groups in total. The van der Waals surface area contributed by atoms with E-state index < -0.39 is 5.60 Å². The Hall–Kier alpha value is -2.40. The highest BCUT2D eigenvalue weighted by Gasteiger charge is 2.28. The van der Waals surface area contributed by atoms with Crippen molar-refractivity contribution in [2.24, 2.45) is 0 Å². The average molecular weight is 327 g/mol. The number of nitrogens with zero attached hydrogens (tertiary/aromatic N) is 1. The summed E-state index contributed by atoms with van der Waals surface area (Å²) in [5, 5.41) is 0.400. The molecule has 0 radical (unpaired) electrons. The Kier molecular flexibility index (Phi) is 3.82. The Labute approximate surface area is 140 Å². The number of ether oxygens (including phenoxy) is 2. The summed E-state index contributed by atoms with van der Waals surface area (Å²) >= 11 is 5.20. The summed E-state index contributed by atoms with van der Waals surface area (Å²) in [7, 11) is 1.54. The number of fused-ring (bicyclic) bond motifs is 1. The molecule has 0 saturated heterocycles. The Balaban J connectivity index is 2.23. The van der Waals surface area contributed by atoms with Crippen molar-refractivity contribution >= 4 is 23.0 Å². The van der Waals surface area contributed by atoms with Crippen LogP contribution >= 0.6 is 12.2 Å². The second-order valence-corrected chi connectivity index (χ2v) is 6.22. The zero-order valence-electron chi connectivity index (χ0n) is 13.2. The van der Waals surface area contributed by atoms with E-state index in [4.69, 9.17) is 21.7 Å². The van der Waals surface area contributed by atoms with Crippen molar-refractivity contribution in [1.82, 2.24) is 4.57 Å². The van der Waals surface area contributed by atoms with Crippen molar-refractivity contribution in [3.05, 3.63) is 70.2 Å². The predicted octanol–water partition coefficient (Wildman–Crippen LogP) is 3.23. The SMILES string of the molecule is COC(=S)c1ccc2c(c1)C(n1ccccc1=O)=CC(C)(C)O2. The molecule has 0 atom stereocenters. The van der Waals surface area contributed by atoms with Crippen molar-refractivity contribution in [1.29, 1.82) is 0 Å². The van der Waals surface area contributed by atoms with Gasteiger partial charge in [0.05, 0.1) is 12.8 Å². The van der Waals surface area contributed by atoms with Crippen molar-refractivity contribution in [2.45, 2.75) is 19.4 Å². The van der Waals surface area contributed by atoms with Crippen LogP contribution in [0.2, 0.25) is 0 Å². The molecule has 0 unspecified atom stereocenters. The molecule has 0 fully saturated rings. The van der Waals surface area contributed by atoms with Gasteiger partial charge in [0.25, 0.3) is 5.56 Å². The molecule has 1 aliphatic rings. The van der Waals surface area contributed by atoms with Gasteiger partial charge in [-0.15, -0.1) is 0 Å². The quantitative estimate of drug-likeness (QED) is 0.794. The highest BCUT2D eigenvalue weighted by atomic mass is 32.1. The second-order valence-electron chi connectivity index (χ2n) is 5.85. The van der Waals surface area contributed by atoms with E-state index in [0.29, 0.717) is 10.8 Å². The number of benzene rings is 1. The first-order valence-electron chi connectivity index (χ1n) is 7.24. The Morgan fingerprint density at radius 2 is 2.04 bits per heavy atom. The molecule has 1 aliphatic heterocycles. The summed E-state index contributed by atoms with van der Waals surface area (Å²) < 4.78 is 12.8. The highest BCUT2D eigenvalue weighted by molar-refractivity contribution is 7.80. The van der Waals surface area contributed by atoms with Gasteiger partial charge < -0.3 is 9.47 Å². The van der Waals surface area contributed by atoms with Crippen LogP contribution in [0.5, 0.6) is 5.75 Å². The molecule has 0 spiro atoms. The van der Waals surface area contributed by atoms with Gasteiger partial charge >= 0.3 is 0 Å². The van der Waals surface area contributed by atoms with Crippen molar-refractivity contribution in [3.63, 3.8) is 0 Å². The van der Waals surface area contributed by atoms with Gasteiger partial charge in [0.15, 0.2) is 5.05 Å². The molecule has 0 aliphatic carbocycles. The number of rotatable bonds is 2. The molecular formula is C18H17NO3S. The van der Waals surface area contributed by atoms with Crippen LogP contribution in [-0.2, 0) is 4.74 Å². The fourth-order valence-electron chi connectivity index (χ4n) is 2.61. The molecule has 2 aromatic rings. The Morgan fingerprint density at radius 3 is 2.74 bits per heavy atom. The molecule has 0 saturated carbocycles. The maximum Gasteiger partial charge on any atom is 0.255 e. The number of pyridine rings is 1. The first kappa shape index (κ1) is 15.5. The van der Waals surface area contributed by atoms with Crippen LogP contribution in [0.3, 0.4) is 0 Å². The monoisotopic (exact) mass is 327 g/mol. The van der Waals surface area contributed by atoms with Crippen molar-refractivity contribution in [3.8, 4) is 5.75 Å². The van der Waals surface area contributed by atoms with E-state index in [-0.39, 0.29) is 5.56 Å². The summed E-state index contributed by atoms with van der Waals surface area (Å²) in [6.45, 7) is 3.91. The zero-order chi connectivity index (χ0) is 16.6. The van der Waals surface area contributed by atoms with Gasteiger partial charge in [0.1, 0.15) is 11.4 Å². The van der Waals surface area contributed by atoms with Crippen molar-refractivity contribution < 1.29 is 9.47 Å². The summed E-state index contributed by atoms with van der Waals surface area (Å²) in [6, 6.07) is 10.7. The Bertz CT molecular complexity index is 865. The van der Waals surface area contributed by atoms with Gasteiger partial charge in [-0.25, -0.2) is 0 Å². The minimum absolute atomic E-state index is 0.0953. The molecule has 118 valence electrons. The number of aromatic nitrogens is 1. The van der Waals surface area contributed by atoms with Crippen LogP contribution in [0.15, 0.2) is 53.5 Å². The summed E-state index contributed by atoms with van der Waals surface area (Å²) in [5.41, 5.74) is 1.76. The van der Waals surface area contributed by atoms with Gasteiger partial charge in [-0.2, -0.15) is 0 Å². The minimum atomic E-state index is -0.513. The molecule has 2 heterocycles. The largest absolute Gasteiger partial charge is 0.486 e. The third-order valence-corrected chi connectivity index (χ3v) is 4.02. The molecule has 0 bridgehead atoms. The maximum absolute atomic E-state index is 12.2. The molecule has 23 heavy (non-hydrogen) atoms. The van der Waals surface area contributed by atoms with Crippen LogP contribution in [0, 0.1) is 0 Å². The van der Waals surface area contributed by atoms with Gasteiger partial charge in [0.2, 0.25) is 0 Å². The van der Waals surface area contributed by atoms with Gasteiger partial charge in [-0.3, -0.25) is 9.36 Å². The fourth-order valence-corrected chi connectivity index (χ4v) is 2.74.